The van der Waals surface area contributed by atoms with Gasteiger partial charge in [0, 0.05) is 63.1 Å². The summed E-state index contributed by atoms with van der Waals surface area (Å²) >= 11 is 0. The lowest BCUT2D eigenvalue weighted by Crippen LogP contribution is -2.54. The predicted molar refractivity (Wildman–Crippen MR) is 171 cm³/mol. The number of aryl methyl sites for hydroxylation is 1. The number of aliphatic hydroxyl groups is 1. The van der Waals surface area contributed by atoms with E-state index < -0.39 is 15.9 Å². The molecule has 1 saturated carbocycles. The predicted octanol–water partition coefficient (Wildman–Crippen LogP) is 2.15. The number of nitrogens with one attached hydrogen (secondary N) is 2. The Morgan fingerprint density at radius 3 is 2.30 bits per heavy atom. The molecule has 0 bridgehead atoms. The van der Waals surface area contributed by atoms with Crippen molar-refractivity contribution < 1.29 is 23.1 Å². The van der Waals surface area contributed by atoms with Gasteiger partial charge in [-0.3, -0.25) is 9.69 Å². The summed E-state index contributed by atoms with van der Waals surface area (Å²) < 4.78 is 31.1. The van der Waals surface area contributed by atoms with Crippen molar-refractivity contribution in [3.8, 4) is 5.75 Å². The van der Waals surface area contributed by atoms with Gasteiger partial charge in [0.05, 0.1) is 30.9 Å². The number of carbonyl (C=O) groups excluding carboxylic acids is 1. The Hall–Kier alpha value is -3.20. The minimum Gasteiger partial charge on any atom is -0.494 e. The van der Waals surface area contributed by atoms with Crippen LogP contribution in [0.2, 0.25) is 0 Å². The molecule has 3 heterocycles. The van der Waals surface area contributed by atoms with E-state index in [-0.39, 0.29) is 23.7 Å². The highest BCUT2D eigenvalue weighted by Crippen LogP contribution is 2.35. The first-order valence-electron chi connectivity index (χ1n) is 15.6. The van der Waals surface area contributed by atoms with Crippen LogP contribution in [0.5, 0.6) is 5.75 Å². The molecule has 1 aromatic carbocycles. The van der Waals surface area contributed by atoms with Gasteiger partial charge in [0.25, 0.3) is 5.91 Å². The largest absolute Gasteiger partial charge is 0.494 e. The molecule has 0 radical (unpaired) electrons. The molecule has 0 unspecified atom stereocenters. The zero-order valence-corrected chi connectivity index (χ0v) is 26.8. The fourth-order valence-electron chi connectivity index (χ4n) is 6.50. The van der Waals surface area contributed by atoms with Gasteiger partial charge in [0.2, 0.25) is 10.0 Å². The summed E-state index contributed by atoms with van der Waals surface area (Å²) in [6, 6.07) is 6.54. The minimum absolute atomic E-state index is 0.0667. The van der Waals surface area contributed by atoms with Crippen molar-refractivity contribution in [2.45, 2.75) is 70.1 Å². The summed E-state index contributed by atoms with van der Waals surface area (Å²) in [5.74, 6) is 0.806. The van der Waals surface area contributed by atoms with Crippen LogP contribution in [-0.4, -0.2) is 109 Å². The topological polar surface area (TPSA) is 166 Å². The summed E-state index contributed by atoms with van der Waals surface area (Å²) in [6.07, 6.45) is 6.74. The first kappa shape index (κ1) is 32.2. The number of piperazine rings is 1. The van der Waals surface area contributed by atoms with Gasteiger partial charge in [-0.2, -0.15) is 4.31 Å². The number of amides is 1. The minimum atomic E-state index is -3.13. The van der Waals surface area contributed by atoms with Crippen LogP contribution in [0.25, 0.3) is 0 Å². The average Bonchev–Trinajstić information content (AvgIpc) is 3.02. The molecule has 5 rings (SSSR count). The highest BCUT2D eigenvalue weighted by molar-refractivity contribution is 7.88. The van der Waals surface area contributed by atoms with Crippen molar-refractivity contribution in [1.29, 1.82) is 0 Å². The van der Waals surface area contributed by atoms with E-state index in [2.05, 4.69) is 25.4 Å². The van der Waals surface area contributed by atoms with Gasteiger partial charge < -0.3 is 31.1 Å². The van der Waals surface area contributed by atoms with Crippen molar-refractivity contribution in [3.63, 3.8) is 0 Å². The molecule has 2 aliphatic heterocycles. The Labute approximate surface area is 260 Å². The number of anilines is 4. The van der Waals surface area contributed by atoms with Crippen LogP contribution in [0, 0.1) is 0 Å². The van der Waals surface area contributed by atoms with Gasteiger partial charge >= 0.3 is 0 Å². The number of hydrogen-bond donors (Lipinski definition) is 4. The summed E-state index contributed by atoms with van der Waals surface area (Å²) in [5, 5.41) is 16.6. The number of sulfonamides is 1. The first-order chi connectivity index (χ1) is 21.0. The molecule has 3 aliphatic rings. The van der Waals surface area contributed by atoms with E-state index in [0.29, 0.717) is 48.5 Å². The van der Waals surface area contributed by atoms with Crippen molar-refractivity contribution in [3.05, 3.63) is 29.6 Å². The number of rotatable bonds is 10. The van der Waals surface area contributed by atoms with Crippen LogP contribution in [0.3, 0.4) is 0 Å². The molecule has 2 aromatic rings. The molecule has 242 valence electrons. The second kappa shape index (κ2) is 13.8. The van der Waals surface area contributed by atoms with E-state index >= 15 is 0 Å². The molecule has 3 fully saturated rings. The number of benzene rings is 1. The molecule has 0 spiro atoms. The molecule has 2 saturated heterocycles. The van der Waals surface area contributed by atoms with Gasteiger partial charge in [0.1, 0.15) is 11.6 Å². The van der Waals surface area contributed by atoms with E-state index in [0.717, 1.165) is 70.4 Å². The zero-order chi connectivity index (χ0) is 31.4. The Morgan fingerprint density at radius 2 is 1.70 bits per heavy atom. The van der Waals surface area contributed by atoms with E-state index in [1.54, 1.807) is 11.4 Å². The summed E-state index contributed by atoms with van der Waals surface area (Å²) in [4.78, 5) is 26.5. The maximum absolute atomic E-state index is 12.4. The lowest BCUT2D eigenvalue weighted by molar-refractivity contribution is 0.0995. The van der Waals surface area contributed by atoms with Crippen molar-refractivity contribution in [2.24, 2.45) is 5.73 Å². The third-order valence-electron chi connectivity index (χ3n) is 9.10. The molecule has 1 aromatic heterocycles. The lowest BCUT2D eigenvalue weighted by atomic mass is 9.93. The van der Waals surface area contributed by atoms with Crippen molar-refractivity contribution in [1.82, 2.24) is 19.2 Å². The SMILES string of the molecule is CCc1nc(C(N)=O)c(Nc2ccc(N3CCC(N4CCN(S(C)(=O)=O)CC4)CC3)cc2OC)nc1N[C@H]1CC[C@H](O)CC1. The molecule has 14 heteroatoms. The van der Waals surface area contributed by atoms with Crippen LogP contribution < -0.4 is 26.0 Å². The van der Waals surface area contributed by atoms with Gasteiger partial charge in [-0.15, -0.1) is 0 Å². The molecule has 0 atom stereocenters. The number of methoxy groups -OCH3 is 1. The van der Waals surface area contributed by atoms with Gasteiger partial charge in [-0.05, 0) is 57.1 Å². The zero-order valence-electron chi connectivity index (χ0n) is 26.0. The normalized spacial score (nSPS) is 22.5. The second-order valence-corrected chi connectivity index (χ2v) is 14.0. The number of carbonyl (C=O) groups is 1. The number of nitrogens with two attached hydrogens (primary N) is 1. The van der Waals surface area contributed by atoms with Crippen LogP contribution in [0.1, 0.15) is 61.6 Å². The summed E-state index contributed by atoms with van der Waals surface area (Å²) in [5.41, 5.74) is 8.14. The highest BCUT2D eigenvalue weighted by Gasteiger charge is 2.30. The van der Waals surface area contributed by atoms with E-state index in [4.69, 9.17) is 15.5 Å². The smallest absolute Gasteiger partial charge is 0.271 e. The molecule has 44 heavy (non-hydrogen) atoms. The van der Waals surface area contributed by atoms with Gasteiger partial charge in [0.15, 0.2) is 11.5 Å². The maximum atomic E-state index is 12.4. The van der Waals surface area contributed by atoms with Crippen LogP contribution in [0.15, 0.2) is 18.2 Å². The second-order valence-electron chi connectivity index (χ2n) is 12.0. The summed E-state index contributed by atoms with van der Waals surface area (Å²) in [7, 11) is -1.53. The molecular formula is C30H46N8O5S. The number of aliphatic hydroxyl groups excluding tert-OH is 1. The molecule has 1 amide bonds. The average molecular weight is 631 g/mol. The standard InChI is InChI=1S/C30H46N8O5S/c1-4-24-29(32-20-5-8-23(39)9-6-20)35-30(27(33-24)28(31)40)34-25-10-7-22(19-26(25)43-2)36-13-11-21(12-14-36)37-15-17-38(18-16-37)44(3,41)42/h7,10,19-21,23,39H,4-6,8-9,11-18H2,1-3H3,(H2,31,40)(H2,32,34,35)/t20-,23-. The monoisotopic (exact) mass is 630 g/mol. The maximum Gasteiger partial charge on any atom is 0.271 e. The Bertz CT molecular complexity index is 1420. The quantitative estimate of drug-likeness (QED) is 0.304. The number of ether oxygens (including phenoxy) is 1. The fraction of sp³-hybridized carbons (Fsp3) is 0.633. The van der Waals surface area contributed by atoms with Gasteiger partial charge in [-0.25, -0.2) is 18.4 Å². The fourth-order valence-corrected chi connectivity index (χ4v) is 7.33. The molecule has 1 aliphatic carbocycles. The molecule has 13 nitrogen and oxygen atoms in total. The Morgan fingerprint density at radius 1 is 1.02 bits per heavy atom. The third-order valence-corrected chi connectivity index (χ3v) is 10.4. The van der Waals surface area contributed by atoms with E-state index in [1.807, 2.05) is 25.1 Å². The van der Waals surface area contributed by atoms with Gasteiger partial charge in [-0.1, -0.05) is 6.92 Å². The summed E-state index contributed by atoms with van der Waals surface area (Å²) in [6.45, 7) is 6.36. The van der Waals surface area contributed by atoms with E-state index in [9.17, 15) is 18.3 Å². The number of primary amides is 1. The number of aromatic nitrogens is 2. The van der Waals surface area contributed by atoms with Crippen molar-refractivity contribution >= 4 is 38.9 Å². The van der Waals surface area contributed by atoms with E-state index in [1.165, 1.54) is 6.26 Å². The third kappa shape index (κ3) is 7.53. The number of nitrogens with zero attached hydrogens (tertiary/aromatic N) is 5. The van der Waals surface area contributed by atoms with Crippen molar-refractivity contribution in [2.75, 3.05) is 68.2 Å². The molecule has 5 N–H and O–H groups in total. The number of piperidine rings is 1. The van der Waals surface area contributed by atoms with Crippen LogP contribution >= 0.6 is 0 Å². The van der Waals surface area contributed by atoms with Crippen LogP contribution in [0.4, 0.5) is 23.0 Å². The Balaban J connectivity index is 1.27. The number of hydrogen-bond acceptors (Lipinski definition) is 11. The highest BCUT2D eigenvalue weighted by atomic mass is 32.2. The first-order valence-corrected chi connectivity index (χ1v) is 17.4. The Kier molecular flexibility index (Phi) is 10.1. The lowest BCUT2D eigenvalue weighted by Gasteiger charge is -2.42. The van der Waals surface area contributed by atoms with Crippen LogP contribution in [-0.2, 0) is 16.4 Å². The molecular weight excluding hydrogens is 584 g/mol.